The lowest BCUT2D eigenvalue weighted by Gasteiger charge is -2.15. The van der Waals surface area contributed by atoms with Crippen LogP contribution >= 0.6 is 0 Å². The highest BCUT2D eigenvalue weighted by molar-refractivity contribution is 6.13. The Morgan fingerprint density at radius 2 is 2.18 bits per heavy atom. The molecule has 0 bridgehead atoms. The highest BCUT2D eigenvalue weighted by atomic mass is 19.1. The van der Waals surface area contributed by atoms with E-state index in [0.29, 0.717) is 19.0 Å². The summed E-state index contributed by atoms with van der Waals surface area (Å²) in [7, 11) is 1.40. The smallest absolute Gasteiger partial charge is 0.224 e. The van der Waals surface area contributed by atoms with E-state index in [2.05, 4.69) is 20.2 Å². The topological polar surface area (TPSA) is 110 Å². The number of nitrogens with two attached hydrogens (primary N) is 1. The summed E-state index contributed by atoms with van der Waals surface area (Å²) < 4.78 is 18.7. The fourth-order valence-corrected chi connectivity index (χ4v) is 3.23. The Morgan fingerprint density at radius 3 is 2.86 bits per heavy atom. The molecule has 1 aliphatic heterocycles. The number of benzene rings is 1. The van der Waals surface area contributed by atoms with Crippen LogP contribution in [0.1, 0.15) is 29.3 Å². The van der Waals surface area contributed by atoms with Gasteiger partial charge in [0, 0.05) is 25.3 Å². The molecule has 1 fully saturated rings. The van der Waals surface area contributed by atoms with Gasteiger partial charge in [0.2, 0.25) is 11.7 Å². The number of hydrogen-bond acceptors (Lipinski definition) is 8. The summed E-state index contributed by atoms with van der Waals surface area (Å²) in [6.45, 7) is 3.49. The minimum absolute atomic E-state index is 0.00703. The van der Waals surface area contributed by atoms with E-state index in [1.54, 1.807) is 6.92 Å². The first-order valence-corrected chi connectivity index (χ1v) is 8.86. The van der Waals surface area contributed by atoms with Crippen LogP contribution in [0.4, 0.5) is 16.2 Å². The van der Waals surface area contributed by atoms with Gasteiger partial charge in [0.25, 0.3) is 0 Å². The van der Waals surface area contributed by atoms with Gasteiger partial charge in [-0.2, -0.15) is 4.98 Å². The lowest BCUT2D eigenvalue weighted by molar-refractivity contribution is -0.117. The molecule has 1 saturated heterocycles. The first-order chi connectivity index (χ1) is 13.4. The minimum Gasteiger partial charge on any atom is -0.496 e. The number of hydrogen-bond donors (Lipinski definition) is 2. The van der Waals surface area contributed by atoms with Crippen molar-refractivity contribution >= 4 is 23.3 Å². The van der Waals surface area contributed by atoms with Crippen LogP contribution in [0, 0.1) is 5.82 Å². The number of nitrogens with zero attached hydrogens (tertiary/aromatic N) is 3. The molecule has 0 unspecified atom stereocenters. The largest absolute Gasteiger partial charge is 0.496 e. The third-order valence-electron chi connectivity index (χ3n) is 4.52. The monoisotopic (exact) mass is 387 g/mol. The second-order valence-electron chi connectivity index (χ2n) is 6.73. The van der Waals surface area contributed by atoms with Gasteiger partial charge in [-0.25, -0.2) is 9.37 Å². The summed E-state index contributed by atoms with van der Waals surface area (Å²) in [6, 6.07) is 3.76. The van der Waals surface area contributed by atoms with E-state index in [1.807, 2.05) is 0 Å². The number of anilines is 2. The summed E-state index contributed by atoms with van der Waals surface area (Å²) in [6.07, 6.45) is 2.16. The molecule has 2 heterocycles. The summed E-state index contributed by atoms with van der Waals surface area (Å²) >= 11 is 0. The maximum atomic E-state index is 13.6. The normalized spacial score (nSPS) is 16.8. The lowest BCUT2D eigenvalue weighted by Crippen LogP contribution is -2.30. The number of carbonyl (C=O) groups is 2. The highest BCUT2D eigenvalue weighted by Crippen LogP contribution is 2.25. The van der Waals surface area contributed by atoms with Crippen LogP contribution in [0.3, 0.4) is 0 Å². The average molecular weight is 387 g/mol. The predicted octanol–water partition coefficient (Wildman–Crippen LogP) is 1.51. The second-order valence-corrected chi connectivity index (χ2v) is 6.73. The van der Waals surface area contributed by atoms with E-state index in [0.717, 1.165) is 19.0 Å². The zero-order valence-corrected chi connectivity index (χ0v) is 15.7. The number of rotatable bonds is 7. The van der Waals surface area contributed by atoms with Gasteiger partial charge < -0.3 is 15.8 Å². The molecule has 2 aromatic rings. The molecular weight excluding hydrogens is 365 g/mol. The van der Waals surface area contributed by atoms with Crippen molar-refractivity contribution in [3.05, 3.63) is 41.3 Å². The molecule has 148 valence electrons. The first kappa shape index (κ1) is 19.7. The molecule has 28 heavy (non-hydrogen) atoms. The quantitative estimate of drug-likeness (QED) is 0.688. The molecule has 3 rings (SSSR count). The van der Waals surface area contributed by atoms with E-state index in [4.69, 9.17) is 10.5 Å². The predicted molar refractivity (Wildman–Crippen MR) is 102 cm³/mol. The fourth-order valence-electron chi connectivity index (χ4n) is 3.23. The number of nitrogen functional groups attached to an aromatic ring is 1. The van der Waals surface area contributed by atoms with Crippen LogP contribution in [-0.4, -0.2) is 59.2 Å². The maximum Gasteiger partial charge on any atom is 0.224 e. The van der Waals surface area contributed by atoms with Crippen molar-refractivity contribution in [1.82, 2.24) is 14.9 Å². The summed E-state index contributed by atoms with van der Waals surface area (Å²) in [4.78, 5) is 34.3. The van der Waals surface area contributed by atoms with Gasteiger partial charge in [-0.05, 0) is 31.5 Å². The van der Waals surface area contributed by atoms with Gasteiger partial charge in [-0.1, -0.05) is 0 Å². The molecule has 3 N–H and O–H groups in total. The third kappa shape index (κ3) is 4.42. The van der Waals surface area contributed by atoms with Crippen molar-refractivity contribution < 1.29 is 18.7 Å². The Labute approximate surface area is 161 Å². The van der Waals surface area contributed by atoms with Crippen LogP contribution in [0.25, 0.3) is 0 Å². The molecule has 0 aliphatic carbocycles. The van der Waals surface area contributed by atoms with Crippen LogP contribution < -0.4 is 15.8 Å². The lowest BCUT2D eigenvalue weighted by atomic mass is 10.0. The Kier molecular flexibility index (Phi) is 5.84. The van der Waals surface area contributed by atoms with E-state index >= 15 is 0 Å². The Morgan fingerprint density at radius 1 is 1.39 bits per heavy atom. The molecule has 0 spiro atoms. The number of Topliss-reactive ketones (excluding diaryl/α,β-unsaturated/α-hetero) is 1. The molecule has 1 aliphatic rings. The molecule has 8 nitrogen and oxygen atoms in total. The van der Waals surface area contributed by atoms with Crippen LogP contribution in [0.2, 0.25) is 0 Å². The summed E-state index contributed by atoms with van der Waals surface area (Å²) in [5.41, 5.74) is 6.07. The second kappa shape index (κ2) is 8.30. The standard InChI is InChI=1S/C19H22FN5O3/c1-11(26)9-25-6-5-13(10-25)23-19-22-8-15(18(21)24-19)17(27)14-7-12(20)3-4-16(14)28-2/h3-4,7-8,13H,5-6,9-10H2,1-2H3,(H3,21,22,23,24)/t13-/m1/s1. The number of ketones is 2. The van der Waals surface area contributed by atoms with Gasteiger partial charge in [0.1, 0.15) is 23.2 Å². The zero-order valence-electron chi connectivity index (χ0n) is 15.7. The molecule has 1 atom stereocenters. The number of likely N-dealkylation sites (tertiary alicyclic amines) is 1. The molecule has 0 saturated carbocycles. The number of nitrogens with one attached hydrogen (secondary N) is 1. The summed E-state index contributed by atoms with van der Waals surface area (Å²) in [5.74, 6) is -0.421. The molecule has 1 aromatic carbocycles. The average Bonchev–Trinajstić information content (AvgIpc) is 3.07. The number of ether oxygens (including phenoxy) is 1. The Balaban J connectivity index is 1.73. The van der Waals surface area contributed by atoms with E-state index < -0.39 is 11.6 Å². The van der Waals surface area contributed by atoms with Crippen molar-refractivity contribution in [3.8, 4) is 5.75 Å². The Bertz CT molecular complexity index is 905. The number of carbonyl (C=O) groups excluding carboxylic acids is 2. The fraction of sp³-hybridized carbons (Fsp3) is 0.368. The van der Waals surface area contributed by atoms with E-state index in [9.17, 15) is 14.0 Å². The van der Waals surface area contributed by atoms with Crippen LogP contribution in [0.5, 0.6) is 5.75 Å². The molecular formula is C19H22FN5O3. The highest BCUT2D eigenvalue weighted by Gasteiger charge is 2.24. The van der Waals surface area contributed by atoms with Crippen molar-refractivity contribution in [1.29, 1.82) is 0 Å². The number of aromatic nitrogens is 2. The minimum atomic E-state index is -0.557. The SMILES string of the molecule is COc1ccc(F)cc1C(=O)c1cnc(N[C@@H]2CCN(CC(C)=O)C2)nc1N. The van der Waals surface area contributed by atoms with E-state index in [-0.39, 0.29) is 34.5 Å². The van der Waals surface area contributed by atoms with Crippen molar-refractivity contribution in [3.63, 3.8) is 0 Å². The van der Waals surface area contributed by atoms with Gasteiger partial charge in [-0.15, -0.1) is 0 Å². The molecule has 9 heteroatoms. The number of halogens is 1. The van der Waals surface area contributed by atoms with Gasteiger partial charge in [-0.3, -0.25) is 14.5 Å². The van der Waals surface area contributed by atoms with Crippen LogP contribution in [-0.2, 0) is 4.79 Å². The Hall–Kier alpha value is -3.07. The molecule has 1 aromatic heterocycles. The van der Waals surface area contributed by atoms with Crippen molar-refractivity contribution in [2.24, 2.45) is 0 Å². The maximum absolute atomic E-state index is 13.6. The molecule has 0 radical (unpaired) electrons. The van der Waals surface area contributed by atoms with Crippen molar-refractivity contribution in [2.45, 2.75) is 19.4 Å². The van der Waals surface area contributed by atoms with Gasteiger partial charge in [0.15, 0.2) is 0 Å². The van der Waals surface area contributed by atoms with Crippen LogP contribution in [0.15, 0.2) is 24.4 Å². The summed E-state index contributed by atoms with van der Waals surface area (Å²) in [5, 5.41) is 3.17. The third-order valence-corrected chi connectivity index (χ3v) is 4.52. The van der Waals surface area contributed by atoms with Gasteiger partial charge in [0.05, 0.1) is 24.8 Å². The van der Waals surface area contributed by atoms with E-state index in [1.165, 1.54) is 25.4 Å². The molecule has 0 amide bonds. The van der Waals surface area contributed by atoms with Crippen molar-refractivity contribution in [2.75, 3.05) is 37.8 Å². The number of methoxy groups -OCH3 is 1. The zero-order chi connectivity index (χ0) is 20.3. The first-order valence-electron chi connectivity index (χ1n) is 8.86. The van der Waals surface area contributed by atoms with Gasteiger partial charge >= 0.3 is 0 Å².